The molecule has 1 aromatic carbocycles. The van der Waals surface area contributed by atoms with Crippen molar-refractivity contribution in [3.05, 3.63) is 45.5 Å². The summed E-state index contributed by atoms with van der Waals surface area (Å²) in [5.41, 5.74) is 8.36. The van der Waals surface area contributed by atoms with Crippen LogP contribution in [-0.2, 0) is 6.42 Å². The summed E-state index contributed by atoms with van der Waals surface area (Å²) in [5, 5.41) is 3.74. The highest BCUT2D eigenvalue weighted by atomic mass is 79.9. The van der Waals surface area contributed by atoms with Gasteiger partial charge >= 0.3 is 0 Å². The predicted molar refractivity (Wildman–Crippen MR) is 80.5 cm³/mol. The summed E-state index contributed by atoms with van der Waals surface area (Å²) < 4.78 is 1.06. The summed E-state index contributed by atoms with van der Waals surface area (Å²) in [7, 11) is 0. The van der Waals surface area contributed by atoms with Gasteiger partial charge in [0.1, 0.15) is 5.82 Å². The lowest BCUT2D eigenvalue weighted by Gasteiger charge is -2.12. The Labute approximate surface area is 119 Å². The molecular formula is C13H13BrClN3. The molecule has 0 aliphatic carbocycles. The third-order valence-corrected chi connectivity index (χ3v) is 3.34. The smallest absolute Gasteiger partial charge is 0.149 e. The van der Waals surface area contributed by atoms with Crippen molar-refractivity contribution in [3.63, 3.8) is 0 Å². The molecule has 18 heavy (non-hydrogen) atoms. The minimum absolute atomic E-state index is 0.514. The van der Waals surface area contributed by atoms with Crippen molar-refractivity contribution in [2.24, 2.45) is 0 Å². The van der Waals surface area contributed by atoms with Gasteiger partial charge in [-0.15, -0.1) is 0 Å². The van der Waals surface area contributed by atoms with E-state index in [0.29, 0.717) is 16.5 Å². The van der Waals surface area contributed by atoms with Crippen molar-refractivity contribution in [3.8, 4) is 0 Å². The van der Waals surface area contributed by atoms with Crippen LogP contribution in [0.3, 0.4) is 0 Å². The highest BCUT2D eigenvalue weighted by molar-refractivity contribution is 9.10. The molecule has 0 amide bonds. The van der Waals surface area contributed by atoms with E-state index in [0.717, 1.165) is 16.6 Å². The Kier molecular flexibility index (Phi) is 4.09. The fourth-order valence-electron chi connectivity index (χ4n) is 1.65. The molecule has 0 bridgehead atoms. The number of hydrogen-bond donors (Lipinski definition) is 2. The third-order valence-electron chi connectivity index (χ3n) is 2.56. The number of aryl methyl sites for hydroxylation is 1. The fourth-order valence-corrected chi connectivity index (χ4v) is 2.28. The molecule has 0 fully saturated rings. The number of hydrogen-bond acceptors (Lipinski definition) is 3. The Morgan fingerprint density at radius 3 is 2.83 bits per heavy atom. The van der Waals surface area contributed by atoms with Crippen LogP contribution < -0.4 is 11.1 Å². The van der Waals surface area contributed by atoms with Gasteiger partial charge in [0.25, 0.3) is 0 Å². The number of benzene rings is 1. The third kappa shape index (κ3) is 2.94. The molecule has 0 aliphatic heterocycles. The molecule has 0 saturated heterocycles. The second-order valence-electron chi connectivity index (χ2n) is 3.88. The number of anilines is 3. The van der Waals surface area contributed by atoms with Crippen molar-refractivity contribution in [2.45, 2.75) is 13.3 Å². The van der Waals surface area contributed by atoms with E-state index in [1.54, 1.807) is 12.3 Å². The molecule has 0 spiro atoms. The van der Waals surface area contributed by atoms with Gasteiger partial charge in [-0.25, -0.2) is 4.98 Å². The van der Waals surface area contributed by atoms with Crippen LogP contribution in [0.25, 0.3) is 0 Å². The van der Waals surface area contributed by atoms with Crippen molar-refractivity contribution in [2.75, 3.05) is 11.1 Å². The van der Waals surface area contributed by atoms with E-state index >= 15 is 0 Å². The van der Waals surface area contributed by atoms with Gasteiger partial charge in [-0.05, 0) is 36.2 Å². The number of nitrogens with one attached hydrogen (secondary N) is 1. The second-order valence-corrected chi connectivity index (χ2v) is 5.20. The zero-order chi connectivity index (χ0) is 13.1. The fraction of sp³-hybridized carbons (Fsp3) is 0.154. The van der Waals surface area contributed by atoms with Crippen LogP contribution in [0.5, 0.6) is 0 Å². The number of nitrogens with zero attached hydrogens (tertiary/aromatic N) is 1. The summed E-state index contributed by atoms with van der Waals surface area (Å²) in [6.45, 7) is 2.10. The van der Waals surface area contributed by atoms with Crippen LogP contribution in [0.15, 0.2) is 34.9 Å². The molecule has 1 aromatic heterocycles. The van der Waals surface area contributed by atoms with Gasteiger partial charge in [-0.3, -0.25) is 0 Å². The summed E-state index contributed by atoms with van der Waals surface area (Å²) in [5.74, 6) is 0.614. The van der Waals surface area contributed by atoms with Gasteiger partial charge in [0.05, 0.1) is 16.9 Å². The molecule has 3 N–H and O–H groups in total. The topological polar surface area (TPSA) is 50.9 Å². The van der Waals surface area contributed by atoms with E-state index in [9.17, 15) is 0 Å². The zero-order valence-electron chi connectivity index (χ0n) is 9.87. The van der Waals surface area contributed by atoms with Gasteiger partial charge in [0, 0.05) is 10.2 Å². The zero-order valence-corrected chi connectivity index (χ0v) is 12.2. The van der Waals surface area contributed by atoms with Crippen LogP contribution >= 0.6 is 27.5 Å². The van der Waals surface area contributed by atoms with Crippen molar-refractivity contribution >= 4 is 44.7 Å². The van der Waals surface area contributed by atoms with E-state index < -0.39 is 0 Å². The summed E-state index contributed by atoms with van der Waals surface area (Å²) in [6.07, 6.45) is 2.51. The molecule has 0 atom stereocenters. The van der Waals surface area contributed by atoms with Crippen LogP contribution in [0.1, 0.15) is 12.5 Å². The highest BCUT2D eigenvalue weighted by Gasteiger charge is 2.06. The number of rotatable bonds is 3. The number of halogens is 2. The van der Waals surface area contributed by atoms with Gasteiger partial charge < -0.3 is 11.1 Å². The Balaban J connectivity index is 2.33. The van der Waals surface area contributed by atoms with Crippen molar-refractivity contribution in [1.29, 1.82) is 0 Å². The van der Waals surface area contributed by atoms with Crippen LogP contribution in [-0.4, -0.2) is 4.98 Å². The summed E-state index contributed by atoms with van der Waals surface area (Å²) >= 11 is 9.55. The highest BCUT2D eigenvalue weighted by Crippen LogP contribution is 2.28. The molecule has 0 radical (unpaired) electrons. The lowest BCUT2D eigenvalue weighted by Crippen LogP contribution is -1.99. The number of pyridine rings is 1. The standard InChI is InChI=1S/C13H13BrClN3/c1-2-8-5-9(14)3-4-12(8)18-13-11(15)6-10(16)7-17-13/h3-7H,2,16H2,1H3,(H,17,18). The molecule has 3 nitrogen and oxygen atoms in total. The van der Waals surface area contributed by atoms with E-state index in [2.05, 4.69) is 39.2 Å². The summed E-state index contributed by atoms with van der Waals surface area (Å²) in [6, 6.07) is 7.74. The minimum Gasteiger partial charge on any atom is -0.397 e. The maximum Gasteiger partial charge on any atom is 0.149 e. The van der Waals surface area contributed by atoms with Crippen LogP contribution in [0.2, 0.25) is 5.02 Å². The first-order chi connectivity index (χ1) is 8.60. The Bertz CT molecular complexity index is 572. The monoisotopic (exact) mass is 325 g/mol. The largest absolute Gasteiger partial charge is 0.397 e. The van der Waals surface area contributed by atoms with Crippen molar-refractivity contribution < 1.29 is 0 Å². The van der Waals surface area contributed by atoms with E-state index in [4.69, 9.17) is 17.3 Å². The van der Waals surface area contributed by atoms with Crippen LogP contribution in [0, 0.1) is 0 Å². The van der Waals surface area contributed by atoms with E-state index in [1.165, 1.54) is 5.56 Å². The number of aromatic nitrogens is 1. The first-order valence-corrected chi connectivity index (χ1v) is 6.73. The van der Waals surface area contributed by atoms with Gasteiger partial charge in [-0.1, -0.05) is 34.5 Å². The SMILES string of the molecule is CCc1cc(Br)ccc1Nc1ncc(N)cc1Cl. The molecule has 94 valence electrons. The molecule has 5 heteroatoms. The molecule has 0 aliphatic rings. The molecule has 0 saturated carbocycles. The lowest BCUT2D eigenvalue weighted by atomic mass is 10.1. The number of nitrogens with two attached hydrogens (primary N) is 1. The molecular weight excluding hydrogens is 314 g/mol. The molecule has 1 heterocycles. The first-order valence-electron chi connectivity index (χ1n) is 5.56. The maximum absolute atomic E-state index is 6.09. The average molecular weight is 327 g/mol. The summed E-state index contributed by atoms with van der Waals surface area (Å²) in [4.78, 5) is 4.19. The normalized spacial score (nSPS) is 10.4. The molecule has 2 aromatic rings. The average Bonchev–Trinajstić information content (AvgIpc) is 2.34. The van der Waals surface area contributed by atoms with E-state index in [1.807, 2.05) is 12.1 Å². The Hall–Kier alpha value is -1.26. The Morgan fingerprint density at radius 2 is 2.17 bits per heavy atom. The van der Waals surface area contributed by atoms with Crippen molar-refractivity contribution in [1.82, 2.24) is 4.98 Å². The number of nitrogen functional groups attached to an aromatic ring is 1. The maximum atomic E-state index is 6.09. The van der Waals surface area contributed by atoms with Gasteiger partial charge in [0.15, 0.2) is 0 Å². The Morgan fingerprint density at radius 1 is 1.39 bits per heavy atom. The second kappa shape index (κ2) is 5.59. The van der Waals surface area contributed by atoms with Gasteiger partial charge in [-0.2, -0.15) is 0 Å². The van der Waals surface area contributed by atoms with Crippen LogP contribution in [0.4, 0.5) is 17.2 Å². The quantitative estimate of drug-likeness (QED) is 0.879. The predicted octanol–water partition coefficient (Wildman–Crippen LogP) is 4.39. The van der Waals surface area contributed by atoms with Gasteiger partial charge in [0.2, 0.25) is 0 Å². The lowest BCUT2D eigenvalue weighted by molar-refractivity contribution is 1.13. The molecule has 2 rings (SSSR count). The van der Waals surface area contributed by atoms with E-state index in [-0.39, 0.29) is 0 Å². The minimum atomic E-state index is 0.514. The first kappa shape index (κ1) is 13.2. The molecule has 0 unspecified atom stereocenters.